The third-order valence-corrected chi connectivity index (χ3v) is 3.90. The van der Waals surface area contributed by atoms with E-state index in [9.17, 15) is 14.7 Å². The third-order valence-electron chi connectivity index (χ3n) is 3.90. The van der Waals surface area contributed by atoms with Crippen molar-refractivity contribution in [3.8, 4) is 0 Å². The van der Waals surface area contributed by atoms with E-state index in [1.54, 1.807) is 4.90 Å². The molecule has 1 saturated heterocycles. The van der Waals surface area contributed by atoms with Gasteiger partial charge in [-0.1, -0.05) is 13.8 Å². The molecule has 0 spiro atoms. The Morgan fingerprint density at radius 3 is 2.09 bits per heavy atom. The fourth-order valence-corrected chi connectivity index (χ4v) is 2.54. The second kappa shape index (κ2) is 7.81. The van der Waals surface area contributed by atoms with E-state index < -0.39 is 11.6 Å². The largest absolute Gasteiger partial charge is 0.481 e. The molecule has 0 aromatic heterocycles. The van der Waals surface area contributed by atoms with Crippen molar-refractivity contribution in [1.82, 2.24) is 9.80 Å². The molecule has 0 bridgehead atoms. The van der Waals surface area contributed by atoms with Crippen LogP contribution in [0.15, 0.2) is 0 Å². The molecular weight excluding hydrogens is 284 g/mol. The Morgan fingerprint density at radius 2 is 1.68 bits per heavy atom. The maximum atomic E-state index is 12.0. The van der Waals surface area contributed by atoms with Crippen LogP contribution in [0.3, 0.4) is 0 Å². The van der Waals surface area contributed by atoms with E-state index in [0.717, 1.165) is 19.6 Å². The van der Waals surface area contributed by atoms with Gasteiger partial charge in [-0.15, -0.1) is 0 Å². The van der Waals surface area contributed by atoms with Crippen molar-refractivity contribution in [3.05, 3.63) is 0 Å². The first-order chi connectivity index (χ1) is 10.1. The molecule has 128 valence electrons. The number of piperazine rings is 1. The van der Waals surface area contributed by atoms with Crippen LogP contribution in [-0.4, -0.2) is 65.3 Å². The van der Waals surface area contributed by atoms with Crippen LogP contribution in [0.2, 0.25) is 0 Å². The van der Waals surface area contributed by atoms with Crippen molar-refractivity contribution in [1.29, 1.82) is 0 Å². The number of rotatable bonds is 5. The fourth-order valence-electron chi connectivity index (χ4n) is 2.54. The van der Waals surface area contributed by atoms with Crippen LogP contribution >= 0.6 is 0 Å². The molecule has 0 saturated carbocycles. The van der Waals surface area contributed by atoms with Gasteiger partial charge in [-0.25, -0.2) is 4.79 Å². The maximum absolute atomic E-state index is 12.0. The lowest BCUT2D eigenvalue weighted by molar-refractivity contribution is -0.143. The Hall–Kier alpha value is -1.30. The first-order valence-electron chi connectivity index (χ1n) is 8.03. The van der Waals surface area contributed by atoms with Crippen molar-refractivity contribution in [3.63, 3.8) is 0 Å². The Labute approximate surface area is 133 Å². The standard InChI is InChI=1S/C16H30N2O4/c1-12(2)13(14(19)20)6-7-17-8-10-18(11-9-17)15(21)22-16(3,4)5/h12-13H,6-11H2,1-5H3,(H,19,20). The molecule has 22 heavy (non-hydrogen) atoms. The van der Waals surface area contributed by atoms with Crippen LogP contribution in [0.4, 0.5) is 4.79 Å². The zero-order chi connectivity index (χ0) is 16.9. The molecule has 1 unspecified atom stereocenters. The van der Waals surface area contributed by atoms with Gasteiger partial charge in [0.25, 0.3) is 0 Å². The summed E-state index contributed by atoms with van der Waals surface area (Å²) in [4.78, 5) is 27.1. The average Bonchev–Trinajstić information content (AvgIpc) is 2.36. The molecule has 0 aromatic carbocycles. The van der Waals surface area contributed by atoms with Crippen molar-refractivity contribution in [2.24, 2.45) is 11.8 Å². The highest BCUT2D eigenvalue weighted by Crippen LogP contribution is 2.17. The highest BCUT2D eigenvalue weighted by atomic mass is 16.6. The quantitative estimate of drug-likeness (QED) is 0.843. The summed E-state index contributed by atoms with van der Waals surface area (Å²) in [5.74, 6) is -0.883. The normalized spacial score (nSPS) is 18.4. The van der Waals surface area contributed by atoms with Gasteiger partial charge < -0.3 is 14.7 Å². The SMILES string of the molecule is CC(C)C(CCN1CCN(C(=O)OC(C)(C)C)CC1)C(=O)O. The number of ether oxygens (including phenoxy) is 1. The number of carbonyl (C=O) groups excluding carboxylic acids is 1. The minimum atomic E-state index is -0.720. The van der Waals surface area contributed by atoms with Crippen LogP contribution in [0.1, 0.15) is 41.0 Å². The summed E-state index contributed by atoms with van der Waals surface area (Å²) in [7, 11) is 0. The monoisotopic (exact) mass is 314 g/mol. The van der Waals surface area contributed by atoms with Gasteiger partial charge in [-0.05, 0) is 39.7 Å². The van der Waals surface area contributed by atoms with Gasteiger partial charge in [-0.2, -0.15) is 0 Å². The summed E-state index contributed by atoms with van der Waals surface area (Å²) in [6.07, 6.45) is 0.386. The lowest BCUT2D eigenvalue weighted by Gasteiger charge is -2.36. The van der Waals surface area contributed by atoms with Gasteiger partial charge >= 0.3 is 12.1 Å². The summed E-state index contributed by atoms with van der Waals surface area (Å²) >= 11 is 0. The Balaban J connectivity index is 2.36. The van der Waals surface area contributed by atoms with Crippen molar-refractivity contribution in [2.45, 2.75) is 46.6 Å². The zero-order valence-electron chi connectivity index (χ0n) is 14.5. The number of aliphatic carboxylic acids is 1. The average molecular weight is 314 g/mol. The highest BCUT2D eigenvalue weighted by Gasteiger charge is 2.27. The van der Waals surface area contributed by atoms with E-state index in [4.69, 9.17) is 4.74 Å². The predicted molar refractivity (Wildman–Crippen MR) is 84.8 cm³/mol. The maximum Gasteiger partial charge on any atom is 0.410 e. The van der Waals surface area contributed by atoms with E-state index in [1.165, 1.54) is 0 Å². The number of hydrogen-bond donors (Lipinski definition) is 1. The Kier molecular flexibility index (Phi) is 6.66. The number of nitrogens with zero attached hydrogens (tertiary/aromatic N) is 2. The molecule has 0 aromatic rings. The second-order valence-electron chi connectivity index (χ2n) is 7.29. The second-order valence-corrected chi connectivity index (χ2v) is 7.29. The molecule has 1 atom stereocenters. The van der Waals surface area contributed by atoms with Crippen molar-refractivity contribution < 1.29 is 19.4 Å². The Bertz CT molecular complexity index is 382. The van der Waals surface area contributed by atoms with Crippen LogP contribution in [0, 0.1) is 11.8 Å². The molecule has 0 radical (unpaired) electrons. The number of hydrogen-bond acceptors (Lipinski definition) is 4. The molecule has 1 aliphatic rings. The van der Waals surface area contributed by atoms with Crippen molar-refractivity contribution >= 4 is 12.1 Å². The third kappa shape index (κ3) is 6.22. The van der Waals surface area contributed by atoms with Crippen LogP contribution in [-0.2, 0) is 9.53 Å². The summed E-state index contributed by atoms with van der Waals surface area (Å²) in [6.45, 7) is 13.0. The summed E-state index contributed by atoms with van der Waals surface area (Å²) in [6, 6.07) is 0. The molecule has 6 nitrogen and oxygen atoms in total. The number of carboxylic acid groups (broad SMARTS) is 1. The first-order valence-corrected chi connectivity index (χ1v) is 8.03. The first kappa shape index (κ1) is 18.7. The predicted octanol–water partition coefficient (Wildman–Crippen LogP) is 2.29. The lowest BCUT2D eigenvalue weighted by atomic mass is 9.92. The van der Waals surface area contributed by atoms with Crippen LogP contribution in [0.25, 0.3) is 0 Å². The van der Waals surface area contributed by atoms with Crippen LogP contribution < -0.4 is 0 Å². The minimum Gasteiger partial charge on any atom is -0.481 e. The molecule has 6 heteroatoms. The van der Waals surface area contributed by atoms with Gasteiger partial charge in [0.1, 0.15) is 5.60 Å². The van der Waals surface area contributed by atoms with Crippen LogP contribution in [0.5, 0.6) is 0 Å². The minimum absolute atomic E-state index is 0.139. The van der Waals surface area contributed by atoms with Crippen molar-refractivity contribution in [2.75, 3.05) is 32.7 Å². The molecule has 1 N–H and O–H groups in total. The van der Waals surface area contributed by atoms with Gasteiger partial charge in [0.15, 0.2) is 0 Å². The lowest BCUT2D eigenvalue weighted by Crippen LogP contribution is -2.50. The zero-order valence-corrected chi connectivity index (χ0v) is 14.5. The summed E-state index contributed by atoms with van der Waals surface area (Å²) < 4.78 is 5.36. The summed E-state index contributed by atoms with van der Waals surface area (Å²) in [5, 5.41) is 9.21. The Morgan fingerprint density at radius 1 is 1.14 bits per heavy atom. The van der Waals surface area contributed by atoms with E-state index in [1.807, 2.05) is 34.6 Å². The number of carbonyl (C=O) groups is 2. The topological polar surface area (TPSA) is 70.1 Å². The molecule has 1 heterocycles. The molecule has 1 amide bonds. The molecule has 1 fully saturated rings. The molecular formula is C16H30N2O4. The fraction of sp³-hybridized carbons (Fsp3) is 0.875. The highest BCUT2D eigenvalue weighted by molar-refractivity contribution is 5.70. The van der Waals surface area contributed by atoms with Gasteiger partial charge in [0, 0.05) is 26.2 Å². The summed E-state index contributed by atoms with van der Waals surface area (Å²) in [5.41, 5.74) is -0.472. The van der Waals surface area contributed by atoms with Gasteiger partial charge in [0.05, 0.1) is 5.92 Å². The number of carboxylic acids is 1. The van der Waals surface area contributed by atoms with Gasteiger partial charge in [0.2, 0.25) is 0 Å². The van der Waals surface area contributed by atoms with E-state index >= 15 is 0 Å². The molecule has 0 aliphatic carbocycles. The molecule has 1 rings (SSSR count). The van der Waals surface area contributed by atoms with Gasteiger partial charge in [-0.3, -0.25) is 9.69 Å². The smallest absolute Gasteiger partial charge is 0.410 e. The van der Waals surface area contributed by atoms with E-state index in [2.05, 4.69) is 4.90 Å². The van der Waals surface area contributed by atoms with E-state index in [0.29, 0.717) is 19.5 Å². The molecule has 1 aliphatic heterocycles. The number of amides is 1. The van der Waals surface area contributed by atoms with E-state index in [-0.39, 0.29) is 17.9 Å².